The van der Waals surface area contributed by atoms with Crippen LogP contribution in [0.3, 0.4) is 0 Å². The van der Waals surface area contributed by atoms with Crippen LogP contribution >= 0.6 is 12.6 Å². The van der Waals surface area contributed by atoms with Crippen LogP contribution in [0.25, 0.3) is 0 Å². The zero-order valence-corrected chi connectivity index (χ0v) is 7.36. The van der Waals surface area contributed by atoms with Crippen LogP contribution in [0, 0.1) is 5.92 Å². The third-order valence-corrected chi connectivity index (χ3v) is 2.08. The number of hydrogen-bond acceptors (Lipinski definition) is 2. The minimum absolute atomic E-state index is 0.133. The highest BCUT2D eigenvalue weighted by Crippen LogP contribution is 2.44. The average Bonchev–Trinajstić information content (AvgIpc) is 2.08. The van der Waals surface area contributed by atoms with Gasteiger partial charge in [-0.1, -0.05) is 0 Å². The number of rotatable bonds is 1. The minimum Gasteiger partial charge on any atom is -0.480 e. The molecule has 14 heavy (non-hydrogen) atoms. The van der Waals surface area contributed by atoms with E-state index in [1.54, 1.807) is 0 Å². The van der Waals surface area contributed by atoms with Gasteiger partial charge in [0, 0.05) is 0 Å². The van der Waals surface area contributed by atoms with Gasteiger partial charge in [0.25, 0.3) is 5.00 Å². The summed E-state index contributed by atoms with van der Waals surface area (Å²) in [4.78, 5) is 10.3. The topological polar surface area (TPSA) is 37.3 Å². The number of carboxylic acid groups (broad SMARTS) is 1. The van der Waals surface area contributed by atoms with Crippen molar-refractivity contribution < 1.29 is 27.5 Å². The molecule has 0 amide bonds. The zero-order chi connectivity index (χ0) is 11.1. The van der Waals surface area contributed by atoms with Gasteiger partial charge in [-0.3, -0.25) is 4.79 Å². The van der Waals surface area contributed by atoms with E-state index in [4.69, 9.17) is 5.11 Å². The number of aliphatic carboxylic acids is 1. The van der Waals surface area contributed by atoms with Gasteiger partial charge in [-0.2, -0.15) is 0 Å². The molecular weight excluding hydrogens is 224 g/mol. The minimum atomic E-state index is -3.50. The summed E-state index contributed by atoms with van der Waals surface area (Å²) < 4.78 is 51.1. The fraction of sp³-hybridized carbons (Fsp3) is 0.286. The third kappa shape index (κ3) is 1.52. The van der Waals surface area contributed by atoms with Crippen LogP contribution in [-0.4, -0.2) is 16.1 Å². The Morgan fingerprint density at radius 2 is 2.00 bits per heavy atom. The molecule has 1 N–H and O–H groups in total. The van der Waals surface area contributed by atoms with Gasteiger partial charge >= 0.3 is 5.97 Å². The van der Waals surface area contributed by atoms with Crippen molar-refractivity contribution in [1.82, 2.24) is 0 Å². The number of thiol groups is 1. The Morgan fingerprint density at radius 3 is 2.43 bits per heavy atom. The molecule has 2 nitrogen and oxygen atoms in total. The molecule has 0 aromatic carbocycles. The molecule has 78 valence electrons. The van der Waals surface area contributed by atoms with Gasteiger partial charge in [0.1, 0.15) is 5.92 Å². The molecule has 0 heterocycles. The molecule has 2 unspecified atom stereocenters. The maximum absolute atomic E-state index is 12.9. The summed E-state index contributed by atoms with van der Waals surface area (Å²) in [6.45, 7) is 0. The molecule has 1 rings (SSSR count). The lowest BCUT2D eigenvalue weighted by molar-refractivity contribution is -0.139. The van der Waals surface area contributed by atoms with Gasteiger partial charge in [0.05, 0.1) is 0 Å². The number of carboxylic acids is 1. The summed E-state index contributed by atoms with van der Waals surface area (Å²) in [7, 11) is 0. The maximum Gasteiger partial charge on any atom is 0.317 e. The molecule has 1 aliphatic carbocycles. The number of carbonyl (C=O) groups is 1. The van der Waals surface area contributed by atoms with Crippen LogP contribution in [0.15, 0.2) is 23.6 Å². The van der Waals surface area contributed by atoms with Crippen molar-refractivity contribution in [1.29, 1.82) is 0 Å². The first-order chi connectivity index (χ1) is 6.28. The fourth-order valence-corrected chi connectivity index (χ4v) is 1.09. The second kappa shape index (κ2) is 3.30. The number of hydrogen-bond donors (Lipinski definition) is 2. The highest BCUT2D eigenvalue weighted by Gasteiger charge is 2.46. The molecular formula is C7H4F4O2S. The maximum atomic E-state index is 12.9. The van der Waals surface area contributed by atoms with Crippen molar-refractivity contribution in [2.75, 3.05) is 0 Å². The first kappa shape index (κ1) is 11.1. The van der Waals surface area contributed by atoms with Gasteiger partial charge in [-0.05, 0) is 6.08 Å². The Balaban J connectivity index is 3.23. The van der Waals surface area contributed by atoms with Gasteiger partial charge in [0.15, 0.2) is 17.5 Å². The fourth-order valence-electron chi connectivity index (χ4n) is 0.909. The molecule has 0 aliphatic heterocycles. The van der Waals surface area contributed by atoms with Gasteiger partial charge in [0.2, 0.25) is 0 Å². The zero-order valence-electron chi connectivity index (χ0n) is 6.47. The molecule has 0 aromatic rings. The third-order valence-electron chi connectivity index (χ3n) is 1.67. The molecule has 0 fully saturated rings. The molecule has 0 bridgehead atoms. The lowest BCUT2D eigenvalue weighted by atomic mass is 9.99. The van der Waals surface area contributed by atoms with E-state index in [-0.39, 0.29) is 6.08 Å². The monoisotopic (exact) mass is 228 g/mol. The standard InChI is InChI=1S/C7H4F4O2S/c8-3-1-2(6(12)13)4(9)5(10)7(3,11)14/h1-2,14H,(H,12,13). The second-order valence-electron chi connectivity index (χ2n) is 2.61. The van der Waals surface area contributed by atoms with Crippen LogP contribution in [0.4, 0.5) is 17.6 Å². The van der Waals surface area contributed by atoms with Crippen LogP contribution < -0.4 is 0 Å². The van der Waals surface area contributed by atoms with Crippen LogP contribution in [0.1, 0.15) is 0 Å². The molecule has 2 atom stereocenters. The average molecular weight is 228 g/mol. The van der Waals surface area contributed by atoms with Gasteiger partial charge in [-0.15, -0.1) is 12.6 Å². The van der Waals surface area contributed by atoms with E-state index in [0.29, 0.717) is 0 Å². The summed E-state index contributed by atoms with van der Waals surface area (Å²) in [5, 5.41) is 4.81. The van der Waals surface area contributed by atoms with Crippen molar-refractivity contribution in [3.8, 4) is 0 Å². The van der Waals surface area contributed by atoms with E-state index in [2.05, 4.69) is 12.6 Å². The summed E-state index contributed by atoms with van der Waals surface area (Å²) >= 11 is 2.90. The van der Waals surface area contributed by atoms with E-state index >= 15 is 0 Å². The Bertz CT molecular complexity index is 348. The van der Waals surface area contributed by atoms with Gasteiger partial charge in [-0.25, -0.2) is 17.6 Å². The van der Waals surface area contributed by atoms with Gasteiger partial charge < -0.3 is 5.11 Å². The van der Waals surface area contributed by atoms with E-state index in [0.717, 1.165) is 0 Å². The second-order valence-corrected chi connectivity index (χ2v) is 3.23. The summed E-state index contributed by atoms with van der Waals surface area (Å²) in [6, 6.07) is 0. The molecule has 1 aliphatic rings. The molecule has 0 radical (unpaired) electrons. The molecule has 0 spiro atoms. The summed E-state index contributed by atoms with van der Waals surface area (Å²) in [6.07, 6.45) is 0.133. The Morgan fingerprint density at radius 1 is 1.50 bits per heavy atom. The Labute approximate surface area is 81.3 Å². The number of alkyl halides is 1. The van der Waals surface area contributed by atoms with E-state index < -0.39 is 34.4 Å². The molecule has 0 saturated heterocycles. The SMILES string of the molecule is O=C(O)C1C=C(F)C(F)(S)C(F)=C1F. The van der Waals surface area contributed by atoms with Crippen LogP contribution in [0.5, 0.6) is 0 Å². The predicted molar refractivity (Wildman–Crippen MR) is 42.4 cm³/mol. The summed E-state index contributed by atoms with van der Waals surface area (Å²) in [5.74, 6) is -9.75. The van der Waals surface area contributed by atoms with E-state index in [1.165, 1.54) is 0 Å². The summed E-state index contributed by atoms with van der Waals surface area (Å²) in [5.41, 5.74) is 0. The van der Waals surface area contributed by atoms with Crippen LogP contribution in [-0.2, 0) is 4.79 Å². The Hall–Kier alpha value is -0.980. The van der Waals surface area contributed by atoms with Crippen molar-refractivity contribution >= 4 is 18.6 Å². The van der Waals surface area contributed by atoms with Crippen molar-refractivity contribution in [3.63, 3.8) is 0 Å². The highest BCUT2D eigenvalue weighted by atomic mass is 32.1. The first-order valence-electron chi connectivity index (χ1n) is 3.36. The highest BCUT2D eigenvalue weighted by molar-refractivity contribution is 7.82. The largest absolute Gasteiger partial charge is 0.480 e. The smallest absolute Gasteiger partial charge is 0.317 e. The lowest BCUT2D eigenvalue weighted by Crippen LogP contribution is -2.27. The quantitative estimate of drug-likeness (QED) is 0.533. The Kier molecular flexibility index (Phi) is 2.62. The predicted octanol–water partition coefficient (Wildman–Crippen LogP) is 2.30. The molecule has 0 saturated carbocycles. The van der Waals surface area contributed by atoms with E-state index in [1.807, 2.05) is 0 Å². The number of halogens is 4. The van der Waals surface area contributed by atoms with Crippen LogP contribution in [0.2, 0.25) is 0 Å². The van der Waals surface area contributed by atoms with E-state index in [9.17, 15) is 22.4 Å². The lowest BCUT2D eigenvalue weighted by Gasteiger charge is -2.22. The van der Waals surface area contributed by atoms with Crippen molar-refractivity contribution in [2.24, 2.45) is 5.92 Å². The molecule has 0 aromatic heterocycles. The van der Waals surface area contributed by atoms with Crippen molar-refractivity contribution in [3.05, 3.63) is 23.6 Å². The first-order valence-corrected chi connectivity index (χ1v) is 3.80. The normalized spacial score (nSPS) is 32.9. The molecule has 7 heteroatoms. The van der Waals surface area contributed by atoms with Crippen molar-refractivity contribution in [2.45, 2.75) is 5.00 Å².